The molecule has 11 heteroatoms. The number of aryl methyl sites for hydroxylation is 1. The molecule has 2 heterocycles. The lowest BCUT2D eigenvalue weighted by Crippen LogP contribution is -2.40. The highest BCUT2D eigenvalue weighted by atomic mass is 79.9. The zero-order chi connectivity index (χ0) is 25.8. The lowest BCUT2D eigenvalue weighted by Gasteiger charge is -2.18. The van der Waals surface area contributed by atoms with Gasteiger partial charge in [-0.1, -0.05) is 12.1 Å². The number of hydrogen-bond acceptors (Lipinski definition) is 6. The summed E-state index contributed by atoms with van der Waals surface area (Å²) in [6.07, 6.45) is 3.47. The maximum atomic E-state index is 12.8. The second-order valence-corrected chi connectivity index (χ2v) is 11.1. The molecule has 2 aromatic rings. The topological polar surface area (TPSA) is 96.0 Å². The molecule has 2 aliphatic rings. The fourth-order valence-corrected chi connectivity index (χ4v) is 6.14. The van der Waals surface area contributed by atoms with Crippen molar-refractivity contribution in [3.8, 4) is 5.75 Å². The average Bonchev–Trinajstić information content (AvgIpc) is 3.44. The molecule has 4 amide bonds. The first-order valence-corrected chi connectivity index (χ1v) is 13.6. The Hall–Kier alpha value is -2.63. The summed E-state index contributed by atoms with van der Waals surface area (Å²) in [5, 5.41) is 2.33. The van der Waals surface area contributed by atoms with Gasteiger partial charge < -0.3 is 15.0 Å². The third-order valence-corrected chi connectivity index (χ3v) is 7.68. The van der Waals surface area contributed by atoms with Crippen LogP contribution in [0.2, 0.25) is 0 Å². The molecule has 0 atom stereocenters. The van der Waals surface area contributed by atoms with Gasteiger partial charge in [-0.25, -0.2) is 0 Å². The second kappa shape index (κ2) is 11.6. The number of rotatable bonds is 7. The average molecular weight is 637 g/mol. The van der Waals surface area contributed by atoms with Crippen molar-refractivity contribution >= 4 is 78.3 Å². The van der Waals surface area contributed by atoms with E-state index in [2.05, 4.69) is 37.2 Å². The SMILES string of the molecule is Cc1cccc(NC(=O)COc2c(Br)cc(/C=C3\SC(=O)N(CC(=O)N4CCCC4)C3=O)cc2Br)c1. The number of carbonyl (C=O) groups excluding carboxylic acids is 4. The molecule has 2 aliphatic heterocycles. The number of imide groups is 1. The Bertz CT molecular complexity index is 1240. The van der Waals surface area contributed by atoms with Gasteiger partial charge in [-0.2, -0.15) is 0 Å². The van der Waals surface area contributed by atoms with E-state index < -0.39 is 11.1 Å². The van der Waals surface area contributed by atoms with Crippen LogP contribution in [0.1, 0.15) is 24.0 Å². The van der Waals surface area contributed by atoms with Gasteiger partial charge in [0.2, 0.25) is 5.91 Å². The van der Waals surface area contributed by atoms with Crippen molar-refractivity contribution in [2.45, 2.75) is 19.8 Å². The highest BCUT2D eigenvalue weighted by Crippen LogP contribution is 2.37. The molecule has 2 fully saturated rings. The minimum absolute atomic E-state index is 0.200. The number of hydrogen-bond donors (Lipinski definition) is 1. The molecule has 36 heavy (non-hydrogen) atoms. The summed E-state index contributed by atoms with van der Waals surface area (Å²) in [4.78, 5) is 52.8. The smallest absolute Gasteiger partial charge is 0.294 e. The number of amides is 4. The summed E-state index contributed by atoms with van der Waals surface area (Å²) in [6, 6.07) is 10.9. The molecule has 2 saturated heterocycles. The van der Waals surface area contributed by atoms with Crippen molar-refractivity contribution in [1.29, 1.82) is 0 Å². The van der Waals surface area contributed by atoms with Crippen LogP contribution in [0.5, 0.6) is 5.75 Å². The fraction of sp³-hybridized carbons (Fsp3) is 0.280. The minimum Gasteiger partial charge on any atom is -0.481 e. The summed E-state index contributed by atoms with van der Waals surface area (Å²) in [6.45, 7) is 2.82. The summed E-state index contributed by atoms with van der Waals surface area (Å²) < 4.78 is 6.83. The van der Waals surface area contributed by atoms with Gasteiger partial charge in [0.15, 0.2) is 6.61 Å². The van der Waals surface area contributed by atoms with Crippen molar-refractivity contribution < 1.29 is 23.9 Å². The largest absolute Gasteiger partial charge is 0.481 e. The van der Waals surface area contributed by atoms with Gasteiger partial charge >= 0.3 is 0 Å². The van der Waals surface area contributed by atoms with E-state index in [1.165, 1.54) is 0 Å². The Morgan fingerprint density at radius 1 is 1.11 bits per heavy atom. The molecule has 2 aromatic carbocycles. The van der Waals surface area contributed by atoms with Crippen molar-refractivity contribution in [2.75, 3.05) is 31.6 Å². The number of nitrogens with one attached hydrogen (secondary N) is 1. The van der Waals surface area contributed by atoms with Crippen LogP contribution in [0.25, 0.3) is 6.08 Å². The first-order chi connectivity index (χ1) is 17.2. The molecule has 0 saturated carbocycles. The van der Waals surface area contributed by atoms with E-state index in [1.54, 1.807) is 29.2 Å². The van der Waals surface area contributed by atoms with Gasteiger partial charge in [-0.3, -0.25) is 24.1 Å². The predicted octanol–water partition coefficient (Wildman–Crippen LogP) is 5.20. The third kappa shape index (κ3) is 6.37. The zero-order valence-electron chi connectivity index (χ0n) is 19.4. The van der Waals surface area contributed by atoms with Crippen molar-refractivity contribution in [3.05, 3.63) is 61.4 Å². The van der Waals surface area contributed by atoms with E-state index in [4.69, 9.17) is 4.74 Å². The molecule has 0 aliphatic carbocycles. The van der Waals surface area contributed by atoms with Gasteiger partial charge in [0.1, 0.15) is 12.3 Å². The van der Waals surface area contributed by atoms with Crippen LogP contribution in [-0.4, -0.2) is 59.0 Å². The van der Waals surface area contributed by atoms with E-state index in [-0.39, 0.29) is 29.9 Å². The van der Waals surface area contributed by atoms with E-state index >= 15 is 0 Å². The molecule has 1 N–H and O–H groups in total. The zero-order valence-corrected chi connectivity index (χ0v) is 23.4. The summed E-state index contributed by atoms with van der Waals surface area (Å²) >= 11 is 7.70. The number of halogens is 2. The second-order valence-electron chi connectivity index (χ2n) is 8.38. The quantitative estimate of drug-likeness (QED) is 0.420. The van der Waals surface area contributed by atoms with Crippen LogP contribution < -0.4 is 10.1 Å². The van der Waals surface area contributed by atoms with Gasteiger partial charge in [0.25, 0.3) is 17.1 Å². The summed E-state index contributed by atoms with van der Waals surface area (Å²) in [7, 11) is 0. The van der Waals surface area contributed by atoms with E-state index in [9.17, 15) is 19.2 Å². The van der Waals surface area contributed by atoms with Crippen molar-refractivity contribution in [1.82, 2.24) is 9.80 Å². The van der Waals surface area contributed by atoms with Crippen LogP contribution in [0.4, 0.5) is 10.5 Å². The number of ether oxygens (including phenoxy) is 1. The summed E-state index contributed by atoms with van der Waals surface area (Å²) in [5.41, 5.74) is 2.36. The van der Waals surface area contributed by atoms with Crippen molar-refractivity contribution in [3.63, 3.8) is 0 Å². The standard InChI is InChI=1S/C25H23Br2N3O5S/c1-15-5-4-6-17(9-15)28-21(31)14-35-23-18(26)10-16(11-19(23)27)12-20-24(33)30(25(34)36-20)13-22(32)29-7-2-3-8-29/h4-6,9-12H,2-3,7-8,13-14H2,1H3,(H,28,31)/b20-12-. The van der Waals surface area contributed by atoms with Gasteiger partial charge in [0.05, 0.1) is 13.9 Å². The number of anilines is 1. The Morgan fingerprint density at radius 3 is 2.47 bits per heavy atom. The normalized spacial score (nSPS) is 16.7. The van der Waals surface area contributed by atoms with Crippen LogP contribution in [0.3, 0.4) is 0 Å². The van der Waals surface area contributed by atoms with Gasteiger partial charge in [0, 0.05) is 18.8 Å². The molecular weight excluding hydrogens is 614 g/mol. The Labute approximate surface area is 229 Å². The first-order valence-electron chi connectivity index (χ1n) is 11.2. The molecule has 0 aromatic heterocycles. The monoisotopic (exact) mass is 635 g/mol. The van der Waals surface area contributed by atoms with Gasteiger partial charge in [-0.15, -0.1) is 0 Å². The van der Waals surface area contributed by atoms with E-state index in [0.717, 1.165) is 35.1 Å². The van der Waals surface area contributed by atoms with Crippen molar-refractivity contribution in [2.24, 2.45) is 0 Å². The Balaban J connectivity index is 1.40. The number of thioether (sulfide) groups is 1. The van der Waals surface area contributed by atoms with Crippen LogP contribution >= 0.6 is 43.6 Å². The number of benzene rings is 2. The third-order valence-electron chi connectivity index (χ3n) is 5.59. The van der Waals surface area contributed by atoms with Crippen LogP contribution in [-0.2, 0) is 14.4 Å². The highest BCUT2D eigenvalue weighted by molar-refractivity contribution is 9.11. The molecule has 4 rings (SSSR count). The van der Waals surface area contributed by atoms with E-state index in [0.29, 0.717) is 39.0 Å². The molecule has 0 spiro atoms. The van der Waals surface area contributed by atoms with Gasteiger partial charge in [-0.05, 0) is 105 Å². The Morgan fingerprint density at radius 2 is 1.81 bits per heavy atom. The fourth-order valence-electron chi connectivity index (χ4n) is 3.85. The minimum atomic E-state index is -0.488. The molecule has 0 bridgehead atoms. The maximum absolute atomic E-state index is 12.8. The molecule has 8 nitrogen and oxygen atoms in total. The maximum Gasteiger partial charge on any atom is 0.294 e. The summed E-state index contributed by atoms with van der Waals surface area (Å²) in [5.74, 6) is -0.580. The Kier molecular flexibility index (Phi) is 8.53. The van der Waals surface area contributed by atoms with E-state index in [1.807, 2.05) is 25.1 Å². The molecule has 188 valence electrons. The predicted molar refractivity (Wildman–Crippen MR) is 146 cm³/mol. The number of nitrogens with zero attached hydrogens (tertiary/aromatic N) is 2. The molecule has 0 unspecified atom stereocenters. The molecule has 0 radical (unpaired) electrons. The highest BCUT2D eigenvalue weighted by Gasteiger charge is 2.37. The number of likely N-dealkylation sites (tertiary alicyclic amines) is 1. The lowest BCUT2D eigenvalue weighted by atomic mass is 10.2. The molecular formula is C25H23Br2N3O5S. The van der Waals surface area contributed by atoms with Crippen LogP contribution in [0.15, 0.2) is 50.2 Å². The number of carbonyl (C=O) groups is 4. The van der Waals surface area contributed by atoms with Crippen LogP contribution in [0, 0.1) is 6.92 Å². The lowest BCUT2D eigenvalue weighted by molar-refractivity contribution is -0.135. The first kappa shape index (κ1) is 26.4.